The zero-order valence-corrected chi connectivity index (χ0v) is 34.1. The zero-order chi connectivity index (χ0) is 38.3. The Morgan fingerprint density at radius 1 is 0.891 bits per heavy atom. The molecule has 6 fully saturated rings. The third kappa shape index (κ3) is 5.13. The first-order valence-corrected chi connectivity index (χ1v) is 22.7. The first-order valence-electron chi connectivity index (χ1n) is 22.7. The van der Waals surface area contributed by atoms with Gasteiger partial charge in [0.05, 0.1) is 30.2 Å². The van der Waals surface area contributed by atoms with Crippen molar-refractivity contribution in [2.75, 3.05) is 0 Å². The van der Waals surface area contributed by atoms with E-state index in [2.05, 4.69) is 43.4 Å². The van der Waals surface area contributed by atoms with Crippen molar-refractivity contribution in [2.45, 2.75) is 174 Å². The first-order chi connectivity index (χ1) is 26.2. The molecule has 9 aliphatic rings. The van der Waals surface area contributed by atoms with Crippen molar-refractivity contribution in [1.82, 2.24) is 9.55 Å². The molecule has 0 radical (unpaired) electrons. The van der Waals surface area contributed by atoms with E-state index in [-0.39, 0.29) is 40.8 Å². The molecule has 1 heterocycles. The normalized spacial score (nSPS) is 46.2. The van der Waals surface area contributed by atoms with Gasteiger partial charge in [0.2, 0.25) is 0 Å². The number of aryl methyl sites for hydroxylation is 1. The molecule has 0 bridgehead atoms. The molecule has 55 heavy (non-hydrogen) atoms. The van der Waals surface area contributed by atoms with Gasteiger partial charge in [-0.25, -0.2) is 4.98 Å². The fourth-order valence-corrected chi connectivity index (χ4v) is 16.6. The molecule has 7 heteroatoms. The summed E-state index contributed by atoms with van der Waals surface area (Å²) in [5, 5.41) is 48.0. The highest BCUT2D eigenvalue weighted by Gasteiger charge is 2.69. The Morgan fingerprint density at radius 2 is 1.65 bits per heavy atom. The summed E-state index contributed by atoms with van der Waals surface area (Å²) >= 11 is 0. The molecule has 0 aliphatic heterocycles. The summed E-state index contributed by atoms with van der Waals surface area (Å²) in [5.74, 6) is 1.06. The van der Waals surface area contributed by atoms with Crippen LogP contribution in [0.4, 0.5) is 0 Å². The third-order valence-electron chi connectivity index (χ3n) is 19.2. The van der Waals surface area contributed by atoms with E-state index in [9.17, 15) is 25.2 Å². The summed E-state index contributed by atoms with van der Waals surface area (Å²) in [4.78, 5) is 18.3. The number of hydrogen-bond donors (Lipinski definition) is 4. The summed E-state index contributed by atoms with van der Waals surface area (Å²) in [6.45, 7) is 10.3. The Bertz CT molecular complexity index is 1820. The van der Waals surface area contributed by atoms with E-state index in [0.717, 1.165) is 44.2 Å². The van der Waals surface area contributed by atoms with E-state index in [1.807, 2.05) is 12.5 Å². The molecule has 9 aliphatic carbocycles. The topological polar surface area (TPSA) is 116 Å². The number of aliphatic hydroxyl groups is 4. The number of carbonyl (C=O) groups excluding carboxylic acids is 1. The van der Waals surface area contributed by atoms with Crippen molar-refractivity contribution in [3.05, 3.63) is 52.7 Å². The lowest BCUT2D eigenvalue weighted by molar-refractivity contribution is -0.156. The van der Waals surface area contributed by atoms with E-state index < -0.39 is 34.7 Å². The molecule has 13 atom stereocenters. The summed E-state index contributed by atoms with van der Waals surface area (Å²) in [5.41, 5.74) is 5.90. The molecular formula is C48H68N2O5. The molecule has 10 rings (SSSR count). The van der Waals surface area contributed by atoms with Crippen LogP contribution >= 0.6 is 0 Å². The molecule has 1 spiro atoms. The minimum absolute atomic E-state index is 0.0120. The number of aromatic nitrogens is 2. The van der Waals surface area contributed by atoms with E-state index in [1.54, 1.807) is 28.4 Å². The highest BCUT2D eigenvalue weighted by molar-refractivity contribution is 5.95. The van der Waals surface area contributed by atoms with Crippen molar-refractivity contribution in [3.8, 4) is 0 Å². The van der Waals surface area contributed by atoms with Gasteiger partial charge < -0.3 is 25.0 Å². The maximum Gasteiger partial charge on any atom is 0.159 e. The predicted molar refractivity (Wildman–Crippen MR) is 212 cm³/mol. The van der Waals surface area contributed by atoms with Crippen molar-refractivity contribution in [2.24, 2.45) is 63.1 Å². The number of fused-ring (bicyclic) bond motifs is 8. The van der Waals surface area contributed by atoms with Crippen LogP contribution in [0.15, 0.2) is 52.7 Å². The van der Waals surface area contributed by atoms with Crippen molar-refractivity contribution < 1.29 is 25.2 Å². The smallest absolute Gasteiger partial charge is 0.159 e. The van der Waals surface area contributed by atoms with Crippen molar-refractivity contribution in [1.29, 1.82) is 0 Å². The monoisotopic (exact) mass is 753 g/mol. The van der Waals surface area contributed by atoms with Crippen LogP contribution < -0.4 is 0 Å². The molecule has 1 aromatic rings. The van der Waals surface area contributed by atoms with E-state index in [4.69, 9.17) is 0 Å². The lowest BCUT2D eigenvalue weighted by atomic mass is 9.44. The molecule has 4 N–H and O–H groups in total. The average Bonchev–Trinajstić information content (AvgIpc) is 3.91. The van der Waals surface area contributed by atoms with Gasteiger partial charge in [0.15, 0.2) is 5.78 Å². The second-order valence-corrected chi connectivity index (χ2v) is 21.8. The van der Waals surface area contributed by atoms with Gasteiger partial charge in [-0.2, -0.15) is 0 Å². The predicted octanol–water partition coefficient (Wildman–Crippen LogP) is 8.27. The number of carbonyl (C=O) groups is 1. The molecule has 0 saturated heterocycles. The molecule has 1 aromatic heterocycles. The van der Waals surface area contributed by atoms with Crippen LogP contribution in [-0.2, 0) is 11.3 Å². The Hall–Kier alpha value is -2.06. The number of hydrogen-bond acceptors (Lipinski definition) is 6. The van der Waals surface area contributed by atoms with Crippen LogP contribution in [0.2, 0.25) is 0 Å². The number of nitrogens with zero attached hydrogens (tertiary/aromatic N) is 2. The Balaban J connectivity index is 1.04. The molecule has 6 saturated carbocycles. The quantitative estimate of drug-likeness (QED) is 0.225. The molecule has 0 amide bonds. The van der Waals surface area contributed by atoms with Gasteiger partial charge in [0.25, 0.3) is 0 Å². The van der Waals surface area contributed by atoms with Crippen LogP contribution in [0.1, 0.15) is 143 Å². The van der Waals surface area contributed by atoms with Crippen LogP contribution in [0.5, 0.6) is 0 Å². The molecule has 0 aromatic carbocycles. The van der Waals surface area contributed by atoms with Crippen LogP contribution in [-0.4, -0.2) is 59.7 Å². The van der Waals surface area contributed by atoms with E-state index in [1.165, 1.54) is 64.2 Å². The van der Waals surface area contributed by atoms with Crippen LogP contribution in [0, 0.1) is 63.1 Å². The van der Waals surface area contributed by atoms with Gasteiger partial charge in [-0.05, 0) is 154 Å². The standard InChI is InChI=1S/C48H68N2O5/c1-44(2,19-21-50-22-20-49-27-50)42-30-11-8-16-47(14-5-6-15-47)41(30)29-10-7-9-28-23-31(43(54)40(42)39(28)29)32-13-18-48(55)34-24-36(51)35-25-37(52)38(53)26-45(35,3)33(34)12-17-46(32,48)4/h20,22,24,27-28,31-33,35,37-38,40-41,43,52-55H,5-19,21,23,25-26H2,1-4H3/t28-,31+,32-,33+,35+,37-,38+,40-,41+,43+,45-,46-,48-/m1/s1. The number of imidazole rings is 1. The SMILES string of the molecule is CC(C)(CCn1ccnc1)C1=C2CCCC3(CCCC3)[C@H]2C2=C3[C@H](CCC2)C[C@@H]([C@H]2CC[C@@]4(O)C5=CC(=O)[C@@H]6C[C@@H](O)[C@@H](O)C[C@]6(C)[C@H]5CC[C@]24C)[C@H](O)[C@H]31. The fourth-order valence-electron chi connectivity index (χ4n) is 16.6. The lowest BCUT2D eigenvalue weighted by Crippen LogP contribution is -2.61. The second kappa shape index (κ2) is 12.7. The maximum atomic E-state index is 13.9. The Kier molecular flexibility index (Phi) is 8.61. The minimum Gasteiger partial charge on any atom is -0.392 e. The average molecular weight is 753 g/mol. The van der Waals surface area contributed by atoms with Gasteiger partial charge in [0.1, 0.15) is 0 Å². The maximum absolute atomic E-state index is 13.9. The zero-order valence-electron chi connectivity index (χ0n) is 34.1. The Morgan fingerprint density at radius 3 is 2.42 bits per heavy atom. The summed E-state index contributed by atoms with van der Waals surface area (Å²) < 4.78 is 2.22. The number of rotatable bonds is 5. The largest absolute Gasteiger partial charge is 0.392 e. The number of aliphatic hydroxyl groups excluding tert-OH is 3. The number of allylic oxidation sites excluding steroid dienone is 3. The van der Waals surface area contributed by atoms with E-state index in [0.29, 0.717) is 36.5 Å². The summed E-state index contributed by atoms with van der Waals surface area (Å²) in [6.07, 6.45) is 24.3. The van der Waals surface area contributed by atoms with Gasteiger partial charge >= 0.3 is 0 Å². The number of ketones is 1. The van der Waals surface area contributed by atoms with E-state index >= 15 is 0 Å². The lowest BCUT2D eigenvalue weighted by Gasteiger charge is -2.61. The first kappa shape index (κ1) is 37.2. The van der Waals surface area contributed by atoms with Crippen LogP contribution in [0.3, 0.4) is 0 Å². The Labute approximate surface area is 329 Å². The molecule has 300 valence electrons. The van der Waals surface area contributed by atoms with Gasteiger partial charge in [0, 0.05) is 42.1 Å². The van der Waals surface area contributed by atoms with Crippen molar-refractivity contribution >= 4 is 5.78 Å². The van der Waals surface area contributed by atoms with Gasteiger partial charge in [-0.1, -0.05) is 62.8 Å². The second-order valence-electron chi connectivity index (χ2n) is 21.8. The van der Waals surface area contributed by atoms with Gasteiger partial charge in [-0.15, -0.1) is 0 Å². The summed E-state index contributed by atoms with van der Waals surface area (Å²) in [7, 11) is 0. The molecule has 7 nitrogen and oxygen atoms in total. The van der Waals surface area contributed by atoms with Crippen molar-refractivity contribution in [3.63, 3.8) is 0 Å². The molecular weight excluding hydrogens is 685 g/mol. The third-order valence-corrected chi connectivity index (χ3v) is 19.2. The minimum atomic E-state index is -1.11. The van der Waals surface area contributed by atoms with Crippen LogP contribution in [0.25, 0.3) is 0 Å². The van der Waals surface area contributed by atoms with Gasteiger partial charge in [-0.3, -0.25) is 4.79 Å². The highest BCUT2D eigenvalue weighted by Crippen LogP contribution is 2.72. The fraction of sp³-hybridized carbons (Fsp3) is 0.792. The highest BCUT2D eigenvalue weighted by atomic mass is 16.3. The molecule has 0 unspecified atom stereocenters. The summed E-state index contributed by atoms with van der Waals surface area (Å²) in [6, 6.07) is 0.